The van der Waals surface area contributed by atoms with E-state index in [-0.39, 0.29) is 24.7 Å². The van der Waals surface area contributed by atoms with Crippen LogP contribution in [0.5, 0.6) is 0 Å². The number of aliphatic hydroxyl groups is 1. The van der Waals surface area contributed by atoms with Gasteiger partial charge in [0, 0.05) is 30.1 Å². The van der Waals surface area contributed by atoms with Gasteiger partial charge in [-0.15, -0.1) is 0 Å². The van der Waals surface area contributed by atoms with Gasteiger partial charge in [0.2, 0.25) is 0 Å². The van der Waals surface area contributed by atoms with Crippen LogP contribution >= 0.6 is 0 Å². The van der Waals surface area contributed by atoms with Gasteiger partial charge >= 0.3 is 12.0 Å². The Bertz CT molecular complexity index is 1500. The average Bonchev–Trinajstić information content (AvgIpc) is 3.21. The van der Waals surface area contributed by atoms with E-state index in [1.807, 2.05) is 78.9 Å². The lowest BCUT2D eigenvalue weighted by Gasteiger charge is -2.43. The molecule has 1 aliphatic rings. The van der Waals surface area contributed by atoms with Gasteiger partial charge in [0.15, 0.2) is 6.29 Å². The predicted octanol–water partition coefficient (Wildman–Crippen LogP) is 9.90. The van der Waals surface area contributed by atoms with E-state index < -0.39 is 24.3 Å². The first-order valence-electron chi connectivity index (χ1n) is 20.9. The standard InChI is InChI=1S/C46H67N3O6/c1-5-7-9-11-13-18-29-49(30-19-14-12-10-8-6-2)33-42-35(3)43(38-27-25-37(34-50)26-28-38)55-45(54-42)39-23-20-24-40(32-39)47-46(52)48-41(44(51)53-4)31-36-21-16-15-17-22-36/h15-17,20-28,32,35,41-43,45,50H,5-14,18-19,29-31,33-34H2,1-4H3,(H2,47,48,52)/t35-,41+,42+,43+,45+/m1/s1. The maximum Gasteiger partial charge on any atom is 0.328 e. The highest BCUT2D eigenvalue weighted by molar-refractivity contribution is 5.92. The number of ether oxygens (including phenoxy) is 3. The number of esters is 1. The van der Waals surface area contributed by atoms with Crippen LogP contribution in [0.3, 0.4) is 0 Å². The van der Waals surface area contributed by atoms with Crippen molar-refractivity contribution in [1.82, 2.24) is 10.2 Å². The normalized spacial score (nSPS) is 18.9. The molecule has 0 radical (unpaired) electrons. The number of urea groups is 1. The van der Waals surface area contributed by atoms with E-state index in [0.29, 0.717) is 12.1 Å². The molecule has 1 heterocycles. The number of hydrogen-bond donors (Lipinski definition) is 3. The molecule has 2 amide bonds. The first-order chi connectivity index (χ1) is 26.8. The third-order valence-corrected chi connectivity index (χ3v) is 10.7. The van der Waals surface area contributed by atoms with Crippen molar-refractivity contribution in [2.75, 3.05) is 32.1 Å². The molecule has 9 heteroatoms. The number of methoxy groups -OCH3 is 1. The van der Waals surface area contributed by atoms with Crippen molar-refractivity contribution in [3.63, 3.8) is 0 Å². The SMILES string of the molecule is CCCCCCCCN(CCCCCCCC)C[C@@H]1O[C@H](c2cccc(NC(=O)N[C@@H](Cc3ccccc3)C(=O)OC)c2)O[C@H](c2ccc(CO)cc2)[C@@H]1C. The highest BCUT2D eigenvalue weighted by Gasteiger charge is 2.39. The van der Waals surface area contributed by atoms with Crippen LogP contribution in [0.2, 0.25) is 0 Å². The predicted molar refractivity (Wildman–Crippen MR) is 221 cm³/mol. The van der Waals surface area contributed by atoms with Crippen LogP contribution in [0.1, 0.15) is 132 Å². The van der Waals surface area contributed by atoms with Gasteiger partial charge in [0.25, 0.3) is 0 Å². The van der Waals surface area contributed by atoms with Crippen LogP contribution < -0.4 is 10.6 Å². The second kappa shape index (κ2) is 24.7. The average molecular weight is 758 g/mol. The summed E-state index contributed by atoms with van der Waals surface area (Å²) in [7, 11) is 1.32. The molecule has 0 unspecified atom stereocenters. The van der Waals surface area contributed by atoms with E-state index in [2.05, 4.69) is 36.3 Å². The molecule has 3 aromatic rings. The lowest BCUT2D eigenvalue weighted by Crippen LogP contribution is -2.45. The van der Waals surface area contributed by atoms with Crippen LogP contribution in [-0.2, 0) is 32.0 Å². The lowest BCUT2D eigenvalue weighted by atomic mass is 9.90. The Hall–Kier alpha value is -3.76. The molecule has 55 heavy (non-hydrogen) atoms. The van der Waals surface area contributed by atoms with Crippen LogP contribution in [0.4, 0.5) is 10.5 Å². The maximum absolute atomic E-state index is 13.2. The summed E-state index contributed by atoms with van der Waals surface area (Å²) in [5.74, 6) is -0.447. The minimum atomic E-state index is -0.851. The minimum absolute atomic E-state index is 0.0123. The van der Waals surface area contributed by atoms with Gasteiger partial charge in [-0.1, -0.05) is 152 Å². The molecule has 1 aliphatic heterocycles. The molecule has 302 valence electrons. The monoisotopic (exact) mass is 758 g/mol. The molecule has 0 aromatic heterocycles. The summed E-state index contributed by atoms with van der Waals surface area (Å²) >= 11 is 0. The number of unbranched alkanes of at least 4 members (excludes halogenated alkanes) is 10. The number of rotatable bonds is 24. The Morgan fingerprint density at radius 3 is 2.02 bits per heavy atom. The summed E-state index contributed by atoms with van der Waals surface area (Å²) in [6.07, 6.45) is 14.5. The molecular weight excluding hydrogens is 691 g/mol. The zero-order chi connectivity index (χ0) is 39.3. The lowest BCUT2D eigenvalue weighted by molar-refractivity contribution is -0.276. The van der Waals surface area contributed by atoms with Gasteiger partial charge in [0.05, 0.1) is 25.9 Å². The van der Waals surface area contributed by atoms with Crippen LogP contribution in [-0.4, -0.2) is 60.9 Å². The van der Waals surface area contributed by atoms with Crippen LogP contribution in [0.25, 0.3) is 0 Å². The number of benzene rings is 3. The third-order valence-electron chi connectivity index (χ3n) is 10.7. The summed E-state index contributed by atoms with van der Waals surface area (Å²) in [5.41, 5.74) is 4.16. The van der Waals surface area contributed by atoms with Crippen molar-refractivity contribution in [3.8, 4) is 0 Å². The topological polar surface area (TPSA) is 109 Å². The molecule has 5 atom stereocenters. The van der Waals surface area contributed by atoms with Gasteiger partial charge in [0.1, 0.15) is 6.04 Å². The highest BCUT2D eigenvalue weighted by Crippen LogP contribution is 2.42. The summed E-state index contributed by atoms with van der Waals surface area (Å²) in [6.45, 7) is 9.65. The summed E-state index contributed by atoms with van der Waals surface area (Å²) < 4.78 is 18.6. The molecular formula is C46H67N3O6. The molecule has 1 saturated heterocycles. The first kappa shape index (κ1) is 44.0. The van der Waals surface area contributed by atoms with E-state index in [9.17, 15) is 14.7 Å². The van der Waals surface area contributed by atoms with E-state index in [1.54, 1.807) is 0 Å². The maximum atomic E-state index is 13.2. The third kappa shape index (κ3) is 15.0. The van der Waals surface area contributed by atoms with E-state index in [1.165, 1.54) is 84.2 Å². The van der Waals surface area contributed by atoms with Crippen molar-refractivity contribution in [2.24, 2.45) is 5.92 Å². The highest BCUT2D eigenvalue weighted by atomic mass is 16.7. The number of nitrogens with zero attached hydrogens (tertiary/aromatic N) is 1. The fourth-order valence-electron chi connectivity index (χ4n) is 7.38. The molecule has 0 aliphatic carbocycles. The molecule has 0 bridgehead atoms. The quantitative estimate of drug-likeness (QED) is 0.0617. The van der Waals surface area contributed by atoms with Crippen molar-refractivity contribution in [1.29, 1.82) is 0 Å². The van der Waals surface area contributed by atoms with Crippen molar-refractivity contribution >= 4 is 17.7 Å². The van der Waals surface area contributed by atoms with Gasteiger partial charge in [-0.3, -0.25) is 0 Å². The van der Waals surface area contributed by atoms with Crippen LogP contribution in [0.15, 0.2) is 78.9 Å². The van der Waals surface area contributed by atoms with Gasteiger partial charge in [-0.25, -0.2) is 9.59 Å². The van der Waals surface area contributed by atoms with E-state index >= 15 is 0 Å². The summed E-state index contributed by atoms with van der Waals surface area (Å²) in [5, 5.41) is 15.4. The zero-order valence-electron chi connectivity index (χ0n) is 33.8. The molecule has 9 nitrogen and oxygen atoms in total. The second-order valence-electron chi connectivity index (χ2n) is 15.1. The number of hydrogen-bond acceptors (Lipinski definition) is 7. The van der Waals surface area contributed by atoms with Crippen molar-refractivity contribution in [3.05, 3.63) is 101 Å². The number of nitrogens with one attached hydrogen (secondary N) is 2. The number of carbonyl (C=O) groups excluding carboxylic acids is 2. The van der Waals surface area contributed by atoms with E-state index in [4.69, 9.17) is 14.2 Å². The fraction of sp³-hybridized carbons (Fsp3) is 0.565. The molecule has 3 aromatic carbocycles. The van der Waals surface area contributed by atoms with Gasteiger partial charge in [-0.05, 0) is 54.8 Å². The van der Waals surface area contributed by atoms with Gasteiger partial charge < -0.3 is 34.9 Å². The number of carbonyl (C=O) groups is 2. The number of amides is 2. The van der Waals surface area contributed by atoms with Crippen molar-refractivity contribution < 1.29 is 28.9 Å². The molecule has 0 spiro atoms. The molecule has 4 rings (SSSR count). The zero-order valence-corrected chi connectivity index (χ0v) is 33.8. The molecule has 1 fully saturated rings. The Morgan fingerprint density at radius 2 is 1.40 bits per heavy atom. The Kier molecular flexibility index (Phi) is 19.7. The first-order valence-corrected chi connectivity index (χ1v) is 20.9. The van der Waals surface area contributed by atoms with E-state index in [0.717, 1.165) is 41.9 Å². The second-order valence-corrected chi connectivity index (χ2v) is 15.1. The van der Waals surface area contributed by atoms with Gasteiger partial charge in [-0.2, -0.15) is 0 Å². The Balaban J connectivity index is 1.51. The smallest absolute Gasteiger partial charge is 0.328 e. The Labute approximate surface area is 330 Å². The number of anilines is 1. The molecule has 0 saturated carbocycles. The largest absolute Gasteiger partial charge is 0.467 e. The Morgan fingerprint density at radius 1 is 0.764 bits per heavy atom. The molecule has 3 N–H and O–H groups in total. The number of aliphatic hydroxyl groups excluding tert-OH is 1. The van der Waals surface area contributed by atoms with Crippen LogP contribution in [0, 0.1) is 5.92 Å². The minimum Gasteiger partial charge on any atom is -0.467 e. The summed E-state index contributed by atoms with van der Waals surface area (Å²) in [4.78, 5) is 28.4. The fourth-order valence-corrected chi connectivity index (χ4v) is 7.38. The van der Waals surface area contributed by atoms with Crippen molar-refractivity contribution in [2.45, 2.75) is 135 Å². The summed E-state index contributed by atoms with van der Waals surface area (Å²) in [6, 6.07) is 23.7.